The monoisotopic (exact) mass is 411 g/mol. The van der Waals surface area contributed by atoms with Gasteiger partial charge >= 0.3 is 0 Å². The van der Waals surface area contributed by atoms with E-state index < -0.39 is 16.1 Å². The van der Waals surface area contributed by atoms with Crippen LogP contribution in [0.25, 0.3) is 0 Å². The van der Waals surface area contributed by atoms with Crippen LogP contribution in [0.15, 0.2) is 53.4 Å². The molecule has 146 valence electrons. The van der Waals surface area contributed by atoms with Gasteiger partial charge in [0.2, 0.25) is 10.0 Å². The second-order valence-corrected chi connectivity index (χ2v) is 7.67. The summed E-state index contributed by atoms with van der Waals surface area (Å²) < 4.78 is 32.4. The van der Waals surface area contributed by atoms with Gasteiger partial charge in [-0.05, 0) is 35.7 Å². The first kappa shape index (κ1) is 21.3. The molecule has 1 atom stereocenters. The number of carbonyl (C=O) groups excluding carboxylic acids is 1. The van der Waals surface area contributed by atoms with E-state index in [1.807, 2.05) is 24.3 Å². The van der Waals surface area contributed by atoms with E-state index in [2.05, 4.69) is 10.0 Å². The minimum atomic E-state index is -3.67. The highest BCUT2D eigenvalue weighted by molar-refractivity contribution is 7.89. The van der Waals surface area contributed by atoms with Gasteiger partial charge in [0.25, 0.3) is 5.91 Å². The largest absolute Gasteiger partial charge is 0.363 e. The number of hydrogen-bond donors (Lipinski definition) is 3. The molecule has 1 amide bonds. The number of fused-ring (bicyclic) bond motifs is 1. The number of benzene rings is 2. The lowest BCUT2D eigenvalue weighted by molar-refractivity contribution is -0.128. The van der Waals surface area contributed by atoms with Crippen LogP contribution in [0.4, 0.5) is 5.69 Å². The average Bonchev–Trinajstić information content (AvgIpc) is 2.66. The lowest BCUT2D eigenvalue weighted by Crippen LogP contribution is -2.30. The van der Waals surface area contributed by atoms with Crippen molar-refractivity contribution in [2.45, 2.75) is 17.4 Å². The molecule has 2 aromatic rings. The van der Waals surface area contributed by atoms with Crippen molar-refractivity contribution in [1.29, 1.82) is 0 Å². The lowest BCUT2D eigenvalue weighted by Gasteiger charge is -2.25. The van der Waals surface area contributed by atoms with Gasteiger partial charge in [0.05, 0.1) is 11.5 Å². The highest BCUT2D eigenvalue weighted by atomic mass is 35.5. The molecule has 27 heavy (non-hydrogen) atoms. The Morgan fingerprint density at radius 3 is 2.74 bits per heavy atom. The molecule has 0 bridgehead atoms. The molecule has 7 nitrogen and oxygen atoms in total. The van der Waals surface area contributed by atoms with Gasteiger partial charge in [0.15, 0.2) is 6.10 Å². The molecule has 3 rings (SSSR count). The molecule has 0 spiro atoms. The van der Waals surface area contributed by atoms with E-state index in [1.54, 1.807) is 12.1 Å². The first-order chi connectivity index (χ1) is 12.5. The Kier molecular flexibility index (Phi) is 7.34. The predicted octanol–water partition coefficient (Wildman–Crippen LogP) is 1.60. The summed E-state index contributed by atoms with van der Waals surface area (Å²) in [6.45, 7) is 0.812. The van der Waals surface area contributed by atoms with Crippen molar-refractivity contribution in [1.82, 2.24) is 4.72 Å². The van der Waals surface area contributed by atoms with E-state index in [0.717, 1.165) is 17.5 Å². The molecular formula is C18H22ClN3O4S. The highest BCUT2D eigenvalue weighted by Crippen LogP contribution is 2.28. The predicted molar refractivity (Wildman–Crippen MR) is 105 cm³/mol. The van der Waals surface area contributed by atoms with Crippen molar-refractivity contribution in [2.24, 2.45) is 5.73 Å². The summed E-state index contributed by atoms with van der Waals surface area (Å²) in [6, 6.07) is 13.7. The number of anilines is 1. The van der Waals surface area contributed by atoms with Crippen molar-refractivity contribution in [3.05, 3.63) is 59.7 Å². The van der Waals surface area contributed by atoms with E-state index in [0.29, 0.717) is 12.3 Å². The zero-order valence-electron chi connectivity index (χ0n) is 14.6. The van der Waals surface area contributed by atoms with Crippen molar-refractivity contribution >= 4 is 34.0 Å². The maximum atomic E-state index is 12.6. The molecule has 0 radical (unpaired) electrons. The summed E-state index contributed by atoms with van der Waals surface area (Å²) >= 11 is 0. The van der Waals surface area contributed by atoms with Crippen LogP contribution in [0.1, 0.15) is 17.2 Å². The molecule has 0 saturated heterocycles. The SMILES string of the molecule is Cl.NCCNS(=O)(=O)c1cccc(NC(=O)C2OCCc3ccccc32)c1. The average molecular weight is 412 g/mol. The minimum Gasteiger partial charge on any atom is -0.363 e. The summed E-state index contributed by atoms with van der Waals surface area (Å²) in [4.78, 5) is 12.7. The number of nitrogens with two attached hydrogens (primary N) is 1. The van der Waals surface area contributed by atoms with Crippen LogP contribution < -0.4 is 15.8 Å². The van der Waals surface area contributed by atoms with Gasteiger partial charge in [-0.15, -0.1) is 12.4 Å². The van der Waals surface area contributed by atoms with Crippen LogP contribution in [0.3, 0.4) is 0 Å². The number of rotatable bonds is 6. The number of halogens is 1. The molecule has 1 heterocycles. The molecule has 1 unspecified atom stereocenters. The maximum absolute atomic E-state index is 12.6. The number of hydrogen-bond acceptors (Lipinski definition) is 5. The number of amides is 1. The quantitative estimate of drug-likeness (QED) is 0.668. The fraction of sp³-hybridized carbons (Fsp3) is 0.278. The van der Waals surface area contributed by atoms with Crippen LogP contribution in [-0.4, -0.2) is 34.0 Å². The van der Waals surface area contributed by atoms with Crippen LogP contribution in [0.2, 0.25) is 0 Å². The first-order valence-corrected chi connectivity index (χ1v) is 9.79. The molecule has 1 aliphatic heterocycles. The Balaban J connectivity index is 0.00000261. The van der Waals surface area contributed by atoms with Crippen LogP contribution in [0.5, 0.6) is 0 Å². The third-order valence-electron chi connectivity index (χ3n) is 4.08. The van der Waals surface area contributed by atoms with Crippen LogP contribution >= 0.6 is 12.4 Å². The second kappa shape index (κ2) is 9.29. The fourth-order valence-corrected chi connectivity index (χ4v) is 3.93. The molecule has 4 N–H and O–H groups in total. The molecule has 0 saturated carbocycles. The Labute approximate surface area is 164 Å². The minimum absolute atomic E-state index is 0. The Bertz CT molecular complexity index is 905. The number of nitrogens with one attached hydrogen (secondary N) is 2. The first-order valence-electron chi connectivity index (χ1n) is 8.31. The van der Waals surface area contributed by atoms with Gasteiger partial charge in [-0.1, -0.05) is 30.3 Å². The number of ether oxygens (including phenoxy) is 1. The van der Waals surface area contributed by atoms with E-state index in [9.17, 15) is 13.2 Å². The zero-order chi connectivity index (χ0) is 18.6. The van der Waals surface area contributed by atoms with E-state index in [4.69, 9.17) is 10.5 Å². The molecule has 1 aliphatic rings. The van der Waals surface area contributed by atoms with Gasteiger partial charge in [-0.25, -0.2) is 13.1 Å². The summed E-state index contributed by atoms with van der Waals surface area (Å²) in [5, 5.41) is 2.74. The third kappa shape index (κ3) is 5.06. The van der Waals surface area contributed by atoms with Crippen molar-refractivity contribution in [3.8, 4) is 0 Å². The summed E-state index contributed by atoms with van der Waals surface area (Å²) in [6.07, 6.45) is 0.0520. The smallest absolute Gasteiger partial charge is 0.258 e. The third-order valence-corrected chi connectivity index (χ3v) is 5.54. The van der Waals surface area contributed by atoms with Crippen molar-refractivity contribution < 1.29 is 17.9 Å². The van der Waals surface area contributed by atoms with Gasteiger partial charge < -0.3 is 15.8 Å². The molecule has 2 aromatic carbocycles. The topological polar surface area (TPSA) is 111 Å². The van der Waals surface area contributed by atoms with E-state index >= 15 is 0 Å². The zero-order valence-corrected chi connectivity index (χ0v) is 16.2. The number of carbonyl (C=O) groups is 1. The molecular weight excluding hydrogens is 390 g/mol. The van der Waals surface area contributed by atoms with Gasteiger partial charge in [0, 0.05) is 18.8 Å². The summed E-state index contributed by atoms with van der Waals surface area (Å²) in [5.74, 6) is -0.332. The van der Waals surface area contributed by atoms with Gasteiger partial charge in [-0.2, -0.15) is 0 Å². The standard InChI is InChI=1S/C18H21N3O4S.ClH/c19-9-10-20-26(23,24)15-6-3-5-14(12-15)21-18(22)17-16-7-2-1-4-13(16)8-11-25-17;/h1-7,12,17,20H,8-11,19H2,(H,21,22);1H. The second-order valence-electron chi connectivity index (χ2n) is 5.90. The molecule has 0 fully saturated rings. The van der Waals surface area contributed by atoms with Crippen LogP contribution in [-0.2, 0) is 26.0 Å². The normalized spacial score (nSPS) is 16.1. The van der Waals surface area contributed by atoms with Gasteiger partial charge in [-0.3, -0.25) is 4.79 Å². The molecule has 0 aliphatic carbocycles. The van der Waals surface area contributed by atoms with Crippen LogP contribution in [0, 0.1) is 0 Å². The Hall–Kier alpha value is -1.97. The maximum Gasteiger partial charge on any atom is 0.258 e. The van der Waals surface area contributed by atoms with Gasteiger partial charge in [0.1, 0.15) is 0 Å². The van der Waals surface area contributed by atoms with Crippen molar-refractivity contribution in [2.75, 3.05) is 25.0 Å². The number of sulfonamides is 1. The lowest BCUT2D eigenvalue weighted by atomic mass is 9.97. The van der Waals surface area contributed by atoms with E-state index in [-0.39, 0.29) is 36.3 Å². The van der Waals surface area contributed by atoms with Crippen molar-refractivity contribution in [3.63, 3.8) is 0 Å². The highest BCUT2D eigenvalue weighted by Gasteiger charge is 2.27. The molecule has 9 heteroatoms. The Morgan fingerprint density at radius 1 is 1.19 bits per heavy atom. The summed E-state index contributed by atoms with van der Waals surface area (Å²) in [5.41, 5.74) is 7.64. The Morgan fingerprint density at radius 2 is 1.96 bits per heavy atom. The van der Waals surface area contributed by atoms with E-state index in [1.165, 1.54) is 12.1 Å². The fourth-order valence-electron chi connectivity index (χ4n) is 2.84. The molecule has 0 aromatic heterocycles. The summed E-state index contributed by atoms with van der Waals surface area (Å²) in [7, 11) is -3.67.